The highest BCUT2D eigenvalue weighted by Crippen LogP contribution is 2.69. The van der Waals surface area contributed by atoms with Gasteiger partial charge >= 0.3 is 18.1 Å². The monoisotopic (exact) mass is 514 g/mol. The van der Waals surface area contributed by atoms with E-state index in [0.717, 1.165) is 12.5 Å². The average molecular weight is 515 g/mol. The van der Waals surface area contributed by atoms with Gasteiger partial charge < -0.3 is 14.6 Å². The Morgan fingerprint density at radius 3 is 2.47 bits per heavy atom. The minimum atomic E-state index is -5.20. The van der Waals surface area contributed by atoms with Crippen LogP contribution in [0.25, 0.3) is 0 Å². The number of halogens is 3. The van der Waals surface area contributed by atoms with Crippen LogP contribution < -0.4 is 0 Å². The molecule has 0 saturated heterocycles. The van der Waals surface area contributed by atoms with Gasteiger partial charge in [0, 0.05) is 24.7 Å². The minimum absolute atomic E-state index is 0.0245. The Kier molecular flexibility index (Phi) is 6.46. The Morgan fingerprint density at radius 2 is 1.86 bits per heavy atom. The van der Waals surface area contributed by atoms with Gasteiger partial charge in [0.1, 0.15) is 11.7 Å². The van der Waals surface area contributed by atoms with Crippen molar-refractivity contribution in [1.82, 2.24) is 0 Å². The van der Waals surface area contributed by atoms with Crippen molar-refractivity contribution >= 4 is 23.5 Å². The summed E-state index contributed by atoms with van der Waals surface area (Å²) in [5, 5.41) is 11.7. The lowest BCUT2D eigenvalue weighted by Gasteiger charge is -2.62. The van der Waals surface area contributed by atoms with E-state index in [1.54, 1.807) is 13.0 Å². The summed E-state index contributed by atoms with van der Waals surface area (Å²) in [6.45, 7) is 6.08. The number of hydrogen-bond acceptors (Lipinski definition) is 7. The number of aliphatic hydroxyl groups is 1. The van der Waals surface area contributed by atoms with E-state index in [2.05, 4.69) is 0 Å². The van der Waals surface area contributed by atoms with Gasteiger partial charge in [0.2, 0.25) is 5.78 Å². The molecule has 4 aliphatic rings. The number of hydrogen-bond donors (Lipinski definition) is 1. The van der Waals surface area contributed by atoms with E-state index < -0.39 is 59.0 Å². The quantitative estimate of drug-likeness (QED) is 0.570. The third-order valence-corrected chi connectivity index (χ3v) is 9.70. The van der Waals surface area contributed by atoms with Crippen LogP contribution in [0.4, 0.5) is 13.2 Å². The molecule has 4 rings (SSSR count). The fourth-order valence-electron chi connectivity index (χ4n) is 8.15. The molecule has 0 spiro atoms. The molecule has 8 atom stereocenters. The highest BCUT2D eigenvalue weighted by molar-refractivity contribution is 5.92. The van der Waals surface area contributed by atoms with Crippen LogP contribution in [-0.4, -0.2) is 53.1 Å². The minimum Gasteiger partial charge on any atom is -0.458 e. The van der Waals surface area contributed by atoms with Crippen molar-refractivity contribution in [2.75, 3.05) is 6.61 Å². The van der Waals surface area contributed by atoms with Crippen LogP contribution in [-0.2, 0) is 28.7 Å². The van der Waals surface area contributed by atoms with E-state index in [1.807, 2.05) is 13.8 Å². The summed E-state index contributed by atoms with van der Waals surface area (Å²) < 4.78 is 49.9. The van der Waals surface area contributed by atoms with Crippen molar-refractivity contribution in [2.45, 2.75) is 84.1 Å². The Hall–Kier alpha value is -2.23. The molecular weight excluding hydrogens is 481 g/mol. The second-order valence-corrected chi connectivity index (χ2v) is 11.6. The molecule has 3 saturated carbocycles. The predicted octanol–water partition coefficient (Wildman–Crippen LogP) is 3.71. The number of esters is 2. The Morgan fingerprint density at radius 1 is 1.19 bits per heavy atom. The van der Waals surface area contributed by atoms with E-state index in [9.17, 15) is 37.5 Å². The number of rotatable bonds is 4. The molecule has 0 aromatic rings. The highest BCUT2D eigenvalue weighted by Gasteiger charge is 2.70. The largest absolute Gasteiger partial charge is 0.490 e. The summed E-state index contributed by atoms with van der Waals surface area (Å²) in [7, 11) is 0. The fourth-order valence-corrected chi connectivity index (χ4v) is 8.15. The first-order valence-electron chi connectivity index (χ1n) is 12.5. The summed E-state index contributed by atoms with van der Waals surface area (Å²) in [6, 6.07) is 0. The van der Waals surface area contributed by atoms with Gasteiger partial charge in [-0.15, -0.1) is 0 Å². The molecule has 1 N–H and O–H groups in total. The number of fused-ring (bicyclic) bond motifs is 5. The molecule has 0 aromatic heterocycles. The van der Waals surface area contributed by atoms with Gasteiger partial charge in [-0.2, -0.15) is 13.2 Å². The normalized spacial score (nSPS) is 41.9. The van der Waals surface area contributed by atoms with Gasteiger partial charge in [0.05, 0.1) is 0 Å². The maximum Gasteiger partial charge on any atom is 0.490 e. The predicted molar refractivity (Wildman–Crippen MR) is 119 cm³/mol. The molecule has 200 valence electrons. The Bertz CT molecular complexity index is 1020. The molecule has 7 nitrogen and oxygen atoms in total. The molecule has 10 heteroatoms. The second kappa shape index (κ2) is 8.67. The average Bonchev–Trinajstić information content (AvgIpc) is 3.04. The lowest BCUT2D eigenvalue weighted by atomic mass is 9.44. The molecule has 36 heavy (non-hydrogen) atoms. The molecule has 0 aromatic carbocycles. The second-order valence-electron chi connectivity index (χ2n) is 11.6. The lowest BCUT2D eigenvalue weighted by Crippen LogP contribution is -2.63. The van der Waals surface area contributed by atoms with Crippen LogP contribution in [0.2, 0.25) is 0 Å². The number of Topliss-reactive ketones (excluding diaryl/α,β-unsaturated/α-hetero) is 1. The smallest absolute Gasteiger partial charge is 0.458 e. The van der Waals surface area contributed by atoms with Crippen LogP contribution >= 0.6 is 0 Å². The first kappa shape index (κ1) is 26.8. The first-order valence-corrected chi connectivity index (χ1v) is 12.5. The van der Waals surface area contributed by atoms with E-state index in [-0.39, 0.29) is 42.8 Å². The molecule has 0 radical (unpaired) electrons. The van der Waals surface area contributed by atoms with Gasteiger partial charge in [-0.25, -0.2) is 4.79 Å². The number of alkyl halides is 3. The zero-order valence-corrected chi connectivity index (χ0v) is 20.9. The number of ketones is 2. The summed E-state index contributed by atoms with van der Waals surface area (Å²) >= 11 is 0. The molecule has 0 aliphatic heterocycles. The van der Waals surface area contributed by atoms with Gasteiger partial charge in [-0.05, 0) is 61.3 Å². The lowest BCUT2D eigenvalue weighted by molar-refractivity contribution is -0.228. The van der Waals surface area contributed by atoms with Crippen molar-refractivity contribution < 1.29 is 46.9 Å². The first-order chi connectivity index (χ1) is 16.5. The number of ether oxygens (including phenoxy) is 2. The van der Waals surface area contributed by atoms with Gasteiger partial charge in [0.15, 0.2) is 12.4 Å². The number of allylic oxidation sites excluding steroid dienone is 1. The van der Waals surface area contributed by atoms with Crippen molar-refractivity contribution in [3.63, 3.8) is 0 Å². The van der Waals surface area contributed by atoms with E-state index in [1.165, 1.54) is 0 Å². The Labute approximate surface area is 207 Å². The maximum absolute atomic E-state index is 13.3. The molecule has 0 amide bonds. The van der Waals surface area contributed by atoms with Gasteiger partial charge in [-0.1, -0.05) is 26.3 Å². The maximum atomic E-state index is 13.3. The summed E-state index contributed by atoms with van der Waals surface area (Å²) in [5.41, 5.74) is -2.92. The van der Waals surface area contributed by atoms with E-state index >= 15 is 0 Å². The molecule has 0 bridgehead atoms. The molecule has 4 aliphatic carbocycles. The van der Waals surface area contributed by atoms with Crippen LogP contribution in [0.3, 0.4) is 0 Å². The topological polar surface area (TPSA) is 107 Å². The van der Waals surface area contributed by atoms with Crippen LogP contribution in [0, 0.1) is 34.5 Å². The third kappa shape index (κ3) is 4.00. The van der Waals surface area contributed by atoms with Crippen LogP contribution in [0.1, 0.15) is 66.2 Å². The Balaban J connectivity index is 1.78. The third-order valence-electron chi connectivity index (χ3n) is 9.70. The standard InChI is InChI=1S/C26H33F3O7/c1-13-9-16-17-6-8-25(34,20(32)12-35-14(2)30)24(17,4)11-19(36-22(33)26(27,28)29)21(16)23(3)7-5-15(31)10-18(13)23/h10,13,16-17,19,21,34H,5-9,11-12H2,1-4H3/t13?,16-,17-,19?,21+,23-,24-,25-/m0/s1. The zero-order chi connectivity index (χ0) is 26.8. The van der Waals surface area contributed by atoms with Gasteiger partial charge in [-0.3, -0.25) is 14.4 Å². The van der Waals surface area contributed by atoms with Crippen molar-refractivity contribution in [3.8, 4) is 0 Å². The summed E-state index contributed by atoms with van der Waals surface area (Å²) in [4.78, 5) is 48.7. The van der Waals surface area contributed by atoms with Gasteiger partial charge in [0.25, 0.3) is 0 Å². The molecule has 2 unspecified atom stereocenters. The number of carbonyl (C=O) groups excluding carboxylic acids is 4. The van der Waals surface area contributed by atoms with Crippen molar-refractivity contribution in [2.24, 2.45) is 34.5 Å². The highest BCUT2D eigenvalue weighted by atomic mass is 19.4. The van der Waals surface area contributed by atoms with E-state index in [0.29, 0.717) is 19.3 Å². The van der Waals surface area contributed by atoms with Crippen LogP contribution in [0.15, 0.2) is 11.6 Å². The molecular formula is C26H33F3O7. The van der Waals surface area contributed by atoms with Crippen molar-refractivity contribution in [3.05, 3.63) is 11.6 Å². The van der Waals surface area contributed by atoms with Crippen LogP contribution in [0.5, 0.6) is 0 Å². The number of carbonyl (C=O) groups is 4. The molecule has 3 fully saturated rings. The van der Waals surface area contributed by atoms with Crippen molar-refractivity contribution in [1.29, 1.82) is 0 Å². The molecule has 0 heterocycles. The fraction of sp³-hybridized carbons (Fsp3) is 0.769. The summed E-state index contributed by atoms with van der Waals surface area (Å²) in [6.07, 6.45) is -3.20. The van der Waals surface area contributed by atoms with E-state index in [4.69, 9.17) is 9.47 Å². The SMILES string of the molecule is CC(=O)OCC(=O)[C@@]1(O)CC[C@H]2[C@@H]3CC(C)C4=CC(=O)CC[C@]4(C)[C@H]3C(OC(=O)C(F)(F)F)C[C@@]21C. The summed E-state index contributed by atoms with van der Waals surface area (Å²) in [5.74, 6) is -4.72. The zero-order valence-electron chi connectivity index (χ0n) is 20.9.